The van der Waals surface area contributed by atoms with Crippen LogP contribution in [0.1, 0.15) is 65.7 Å². The highest BCUT2D eigenvalue weighted by atomic mass is 16.3. The number of hydrogen-bond acceptors (Lipinski definition) is 4. The van der Waals surface area contributed by atoms with Crippen molar-refractivity contribution in [2.75, 3.05) is 6.61 Å². The van der Waals surface area contributed by atoms with E-state index in [1.54, 1.807) is 6.92 Å². The molecule has 4 heteroatoms. The van der Waals surface area contributed by atoms with Gasteiger partial charge in [0.25, 0.3) is 0 Å². The van der Waals surface area contributed by atoms with E-state index in [0.29, 0.717) is 6.42 Å². The van der Waals surface area contributed by atoms with E-state index in [4.69, 9.17) is 20.4 Å². The summed E-state index contributed by atoms with van der Waals surface area (Å²) in [7, 11) is 0. The lowest BCUT2D eigenvalue weighted by Gasteiger charge is -2.11. The molecule has 0 spiro atoms. The van der Waals surface area contributed by atoms with Crippen molar-refractivity contribution in [2.24, 2.45) is 0 Å². The van der Waals surface area contributed by atoms with Crippen LogP contribution in [-0.4, -0.2) is 45.3 Å². The minimum Gasteiger partial charge on any atom is -0.394 e. The van der Waals surface area contributed by atoms with Gasteiger partial charge in [0.05, 0.1) is 24.9 Å². The predicted molar refractivity (Wildman–Crippen MR) is 74.4 cm³/mol. The lowest BCUT2D eigenvalue weighted by molar-refractivity contribution is 0.0250. The van der Waals surface area contributed by atoms with Crippen molar-refractivity contribution in [1.82, 2.24) is 0 Å². The summed E-state index contributed by atoms with van der Waals surface area (Å²) in [6.07, 6.45) is 5.28. The third-order valence-electron chi connectivity index (χ3n) is 2.76. The topological polar surface area (TPSA) is 80.9 Å². The summed E-state index contributed by atoms with van der Waals surface area (Å²) in [5.41, 5.74) is 0. The SMILES string of the molecule is CCCCC(O)C(C)O.CCCCCC(O)CO. The molecule has 4 nitrogen and oxygen atoms in total. The summed E-state index contributed by atoms with van der Waals surface area (Å²) in [5.74, 6) is 0. The van der Waals surface area contributed by atoms with Crippen molar-refractivity contribution in [3.05, 3.63) is 0 Å². The Labute approximate surface area is 112 Å². The average molecular weight is 264 g/mol. The molecule has 112 valence electrons. The highest BCUT2D eigenvalue weighted by molar-refractivity contribution is 4.60. The van der Waals surface area contributed by atoms with Crippen LogP contribution < -0.4 is 0 Å². The molecule has 18 heavy (non-hydrogen) atoms. The number of hydrogen-bond donors (Lipinski definition) is 4. The van der Waals surface area contributed by atoms with Gasteiger partial charge in [-0.3, -0.25) is 0 Å². The van der Waals surface area contributed by atoms with Crippen LogP contribution in [-0.2, 0) is 0 Å². The Balaban J connectivity index is 0. The van der Waals surface area contributed by atoms with E-state index in [0.717, 1.165) is 38.5 Å². The molecule has 3 atom stereocenters. The molecular formula is C14H32O4. The molecule has 0 amide bonds. The van der Waals surface area contributed by atoms with Gasteiger partial charge < -0.3 is 20.4 Å². The first-order valence-electron chi connectivity index (χ1n) is 7.14. The molecule has 0 fully saturated rings. The summed E-state index contributed by atoms with van der Waals surface area (Å²) in [4.78, 5) is 0. The van der Waals surface area contributed by atoms with Gasteiger partial charge in [-0.05, 0) is 19.8 Å². The van der Waals surface area contributed by atoms with E-state index in [1.165, 1.54) is 0 Å². The largest absolute Gasteiger partial charge is 0.394 e. The van der Waals surface area contributed by atoms with Crippen LogP contribution in [0.25, 0.3) is 0 Å². The highest BCUT2D eigenvalue weighted by Gasteiger charge is 2.08. The summed E-state index contributed by atoms with van der Waals surface area (Å²) in [5, 5.41) is 35.0. The van der Waals surface area contributed by atoms with Crippen LogP contribution in [0.5, 0.6) is 0 Å². The van der Waals surface area contributed by atoms with Gasteiger partial charge in [0.15, 0.2) is 0 Å². The van der Waals surface area contributed by atoms with E-state index in [2.05, 4.69) is 13.8 Å². The minimum atomic E-state index is -0.573. The van der Waals surface area contributed by atoms with Crippen LogP contribution in [0.3, 0.4) is 0 Å². The van der Waals surface area contributed by atoms with Gasteiger partial charge in [-0.25, -0.2) is 0 Å². The Morgan fingerprint density at radius 1 is 0.833 bits per heavy atom. The van der Waals surface area contributed by atoms with E-state index in [9.17, 15) is 0 Å². The van der Waals surface area contributed by atoms with E-state index in [1.807, 2.05) is 0 Å². The molecule has 0 radical (unpaired) electrons. The maximum absolute atomic E-state index is 9.01. The summed E-state index contributed by atoms with van der Waals surface area (Å²) >= 11 is 0. The summed E-state index contributed by atoms with van der Waals surface area (Å²) in [6.45, 7) is 5.70. The normalized spacial score (nSPS) is 15.5. The molecular weight excluding hydrogens is 232 g/mol. The first-order valence-corrected chi connectivity index (χ1v) is 7.14. The van der Waals surface area contributed by atoms with Gasteiger partial charge in [-0.2, -0.15) is 0 Å². The number of unbranched alkanes of at least 4 members (excludes halogenated alkanes) is 3. The van der Waals surface area contributed by atoms with Gasteiger partial charge in [0.2, 0.25) is 0 Å². The zero-order valence-corrected chi connectivity index (χ0v) is 12.2. The van der Waals surface area contributed by atoms with Crippen molar-refractivity contribution < 1.29 is 20.4 Å². The molecule has 0 saturated carbocycles. The molecule has 0 aromatic heterocycles. The molecule has 0 bridgehead atoms. The predicted octanol–water partition coefficient (Wildman–Crippen LogP) is 1.84. The van der Waals surface area contributed by atoms with Crippen LogP contribution in [0.15, 0.2) is 0 Å². The lowest BCUT2D eigenvalue weighted by Crippen LogP contribution is -2.21. The zero-order chi connectivity index (χ0) is 14.4. The third-order valence-corrected chi connectivity index (χ3v) is 2.76. The Bertz CT molecular complexity index is 151. The smallest absolute Gasteiger partial charge is 0.0796 e. The van der Waals surface area contributed by atoms with Crippen molar-refractivity contribution in [3.63, 3.8) is 0 Å². The maximum Gasteiger partial charge on any atom is 0.0796 e. The molecule has 0 aromatic carbocycles. The van der Waals surface area contributed by atoms with Crippen LogP contribution in [0.4, 0.5) is 0 Å². The van der Waals surface area contributed by atoms with E-state index in [-0.39, 0.29) is 6.61 Å². The van der Waals surface area contributed by atoms with Gasteiger partial charge in [-0.1, -0.05) is 46.0 Å². The number of aliphatic hydroxyl groups is 4. The van der Waals surface area contributed by atoms with E-state index >= 15 is 0 Å². The van der Waals surface area contributed by atoms with Crippen molar-refractivity contribution in [3.8, 4) is 0 Å². The Morgan fingerprint density at radius 2 is 1.39 bits per heavy atom. The Morgan fingerprint density at radius 3 is 1.78 bits per heavy atom. The molecule has 0 saturated heterocycles. The van der Waals surface area contributed by atoms with Crippen LogP contribution in [0.2, 0.25) is 0 Å². The molecule has 3 unspecified atom stereocenters. The van der Waals surface area contributed by atoms with Crippen LogP contribution >= 0.6 is 0 Å². The quantitative estimate of drug-likeness (QED) is 0.479. The summed E-state index contributed by atoms with van der Waals surface area (Å²) < 4.78 is 0. The fourth-order valence-corrected chi connectivity index (χ4v) is 1.38. The average Bonchev–Trinajstić information content (AvgIpc) is 2.36. The lowest BCUT2D eigenvalue weighted by atomic mass is 10.1. The Hall–Kier alpha value is -0.160. The first kappa shape index (κ1) is 20.2. The van der Waals surface area contributed by atoms with Crippen LogP contribution in [0, 0.1) is 0 Å². The maximum atomic E-state index is 9.01. The zero-order valence-electron chi connectivity index (χ0n) is 12.2. The molecule has 0 rings (SSSR count). The third kappa shape index (κ3) is 15.8. The van der Waals surface area contributed by atoms with Gasteiger partial charge in [0, 0.05) is 0 Å². The van der Waals surface area contributed by atoms with Crippen molar-refractivity contribution >= 4 is 0 Å². The molecule has 0 aliphatic carbocycles. The molecule has 0 heterocycles. The number of rotatable bonds is 9. The fourth-order valence-electron chi connectivity index (χ4n) is 1.38. The molecule has 4 N–H and O–H groups in total. The van der Waals surface area contributed by atoms with Crippen molar-refractivity contribution in [1.29, 1.82) is 0 Å². The minimum absolute atomic E-state index is 0.0935. The first-order chi connectivity index (χ1) is 8.49. The second-order valence-electron chi connectivity index (χ2n) is 4.78. The van der Waals surface area contributed by atoms with Gasteiger partial charge >= 0.3 is 0 Å². The molecule has 0 aromatic rings. The summed E-state index contributed by atoms with van der Waals surface area (Å²) in [6, 6.07) is 0. The second-order valence-corrected chi connectivity index (χ2v) is 4.78. The second kappa shape index (κ2) is 14.9. The van der Waals surface area contributed by atoms with Crippen molar-refractivity contribution in [2.45, 2.75) is 84.0 Å². The van der Waals surface area contributed by atoms with Gasteiger partial charge in [-0.15, -0.1) is 0 Å². The standard InChI is InChI=1S/2C7H16O2/c1-3-4-5-7(9)6(2)8;1-2-3-4-5-7(9)6-8/h6-9H,3-5H2,1-2H3;7-9H,2-6H2,1H3. The fraction of sp³-hybridized carbons (Fsp3) is 1.00. The molecule has 0 aliphatic rings. The monoisotopic (exact) mass is 264 g/mol. The van der Waals surface area contributed by atoms with E-state index < -0.39 is 18.3 Å². The Kier molecular flexibility index (Phi) is 16.7. The van der Waals surface area contributed by atoms with Gasteiger partial charge in [0.1, 0.15) is 0 Å². The highest BCUT2D eigenvalue weighted by Crippen LogP contribution is 2.03. The number of aliphatic hydroxyl groups excluding tert-OH is 4. The molecule has 0 aliphatic heterocycles.